The molecule has 1 aromatic heterocycles. The molecule has 3 nitrogen and oxygen atoms in total. The fraction of sp³-hybridized carbons (Fsp3) is 0.0588. The summed E-state index contributed by atoms with van der Waals surface area (Å²) in [5, 5.41) is 4.31. The molecule has 3 rings (SSSR count). The second kappa shape index (κ2) is 6.71. The van der Waals surface area contributed by atoms with Crippen LogP contribution in [0.25, 0.3) is 16.3 Å². The van der Waals surface area contributed by atoms with Gasteiger partial charge in [0.2, 0.25) is 5.91 Å². The Labute approximate surface area is 147 Å². The summed E-state index contributed by atoms with van der Waals surface area (Å²) >= 11 is 13.6. The molecule has 2 aromatic carbocycles. The van der Waals surface area contributed by atoms with E-state index in [1.807, 2.05) is 25.1 Å². The SMILES string of the molecule is Cc1ccc2nc(NC(=O)/C=C/c3c(Cl)cccc3Cl)sc2c1. The third kappa shape index (κ3) is 3.72. The van der Waals surface area contributed by atoms with Crippen molar-refractivity contribution in [3.8, 4) is 0 Å². The summed E-state index contributed by atoms with van der Waals surface area (Å²) in [6, 6.07) is 11.2. The van der Waals surface area contributed by atoms with Crippen LogP contribution in [-0.4, -0.2) is 10.9 Å². The zero-order valence-corrected chi connectivity index (χ0v) is 14.5. The normalized spacial score (nSPS) is 11.3. The topological polar surface area (TPSA) is 42.0 Å². The molecule has 0 radical (unpaired) electrons. The van der Waals surface area contributed by atoms with Crippen LogP contribution in [0.2, 0.25) is 10.0 Å². The number of hydrogen-bond donors (Lipinski definition) is 1. The number of hydrogen-bond acceptors (Lipinski definition) is 3. The van der Waals surface area contributed by atoms with E-state index in [1.54, 1.807) is 24.3 Å². The molecule has 116 valence electrons. The molecule has 0 aliphatic carbocycles. The highest BCUT2D eigenvalue weighted by molar-refractivity contribution is 7.22. The van der Waals surface area contributed by atoms with Gasteiger partial charge >= 0.3 is 0 Å². The molecule has 0 aliphatic heterocycles. The van der Waals surface area contributed by atoms with Crippen molar-refractivity contribution in [1.29, 1.82) is 0 Å². The van der Waals surface area contributed by atoms with E-state index < -0.39 is 0 Å². The molecule has 1 heterocycles. The Morgan fingerprint density at radius 1 is 1.22 bits per heavy atom. The molecule has 0 fully saturated rings. The van der Waals surface area contributed by atoms with E-state index in [9.17, 15) is 4.79 Å². The lowest BCUT2D eigenvalue weighted by atomic mass is 10.2. The summed E-state index contributed by atoms with van der Waals surface area (Å²) in [7, 11) is 0. The predicted molar refractivity (Wildman–Crippen MR) is 98.5 cm³/mol. The Balaban J connectivity index is 1.77. The summed E-state index contributed by atoms with van der Waals surface area (Å²) < 4.78 is 1.04. The Kier molecular flexibility index (Phi) is 4.66. The lowest BCUT2D eigenvalue weighted by molar-refractivity contribution is -0.111. The van der Waals surface area contributed by atoms with E-state index in [0.29, 0.717) is 20.7 Å². The first-order chi connectivity index (χ1) is 11.0. The van der Waals surface area contributed by atoms with E-state index in [1.165, 1.54) is 17.4 Å². The van der Waals surface area contributed by atoms with Crippen molar-refractivity contribution in [3.05, 3.63) is 63.6 Å². The molecule has 0 saturated carbocycles. The Bertz CT molecular complexity index is 898. The molecule has 1 N–H and O–H groups in total. The number of nitrogens with zero attached hydrogens (tertiary/aromatic N) is 1. The van der Waals surface area contributed by atoms with Crippen LogP contribution in [0, 0.1) is 6.92 Å². The van der Waals surface area contributed by atoms with Gasteiger partial charge in [-0.2, -0.15) is 0 Å². The molecule has 6 heteroatoms. The molecule has 0 saturated heterocycles. The maximum atomic E-state index is 12.0. The van der Waals surface area contributed by atoms with Gasteiger partial charge in [0.15, 0.2) is 5.13 Å². The molecular formula is C17H12Cl2N2OS. The lowest BCUT2D eigenvalue weighted by Gasteiger charge is -2.00. The largest absolute Gasteiger partial charge is 0.298 e. The van der Waals surface area contributed by atoms with E-state index in [2.05, 4.69) is 10.3 Å². The Morgan fingerprint density at radius 3 is 2.70 bits per heavy atom. The number of aromatic nitrogens is 1. The second-order valence-corrected chi connectivity index (χ2v) is 6.79. The van der Waals surface area contributed by atoms with Gasteiger partial charge in [0.25, 0.3) is 0 Å². The highest BCUT2D eigenvalue weighted by Crippen LogP contribution is 2.27. The van der Waals surface area contributed by atoms with E-state index in [0.717, 1.165) is 15.8 Å². The molecule has 0 aliphatic rings. The monoisotopic (exact) mass is 362 g/mol. The Morgan fingerprint density at radius 2 is 1.96 bits per heavy atom. The van der Waals surface area contributed by atoms with Crippen LogP contribution in [0.5, 0.6) is 0 Å². The van der Waals surface area contributed by atoms with E-state index in [4.69, 9.17) is 23.2 Å². The van der Waals surface area contributed by atoms with Gasteiger partial charge < -0.3 is 0 Å². The van der Waals surface area contributed by atoms with Crippen LogP contribution in [0.1, 0.15) is 11.1 Å². The number of thiazole rings is 1. The molecule has 1 amide bonds. The van der Waals surface area contributed by atoms with Crippen molar-refractivity contribution in [1.82, 2.24) is 4.98 Å². The minimum atomic E-state index is -0.281. The van der Waals surface area contributed by atoms with Gasteiger partial charge in [0.05, 0.1) is 10.2 Å². The second-order valence-electron chi connectivity index (χ2n) is 4.95. The highest BCUT2D eigenvalue weighted by atomic mass is 35.5. The average Bonchev–Trinajstić information content (AvgIpc) is 2.88. The van der Waals surface area contributed by atoms with Gasteiger partial charge in [-0.25, -0.2) is 4.98 Å². The maximum absolute atomic E-state index is 12.0. The van der Waals surface area contributed by atoms with Gasteiger partial charge in [0, 0.05) is 21.7 Å². The molecule has 0 atom stereocenters. The van der Waals surface area contributed by atoms with Gasteiger partial charge in [0.1, 0.15) is 0 Å². The van der Waals surface area contributed by atoms with Gasteiger partial charge in [-0.15, -0.1) is 0 Å². The third-order valence-corrected chi connectivity index (χ3v) is 4.77. The van der Waals surface area contributed by atoms with Crippen LogP contribution >= 0.6 is 34.5 Å². The summed E-state index contributed by atoms with van der Waals surface area (Å²) in [4.78, 5) is 16.4. The van der Waals surface area contributed by atoms with Crippen molar-refractivity contribution in [3.63, 3.8) is 0 Å². The minimum absolute atomic E-state index is 0.281. The maximum Gasteiger partial charge on any atom is 0.250 e. The number of rotatable bonds is 3. The first-order valence-corrected chi connectivity index (χ1v) is 8.40. The van der Waals surface area contributed by atoms with Crippen molar-refractivity contribution < 1.29 is 4.79 Å². The molecule has 0 spiro atoms. The molecule has 23 heavy (non-hydrogen) atoms. The van der Waals surface area contributed by atoms with Gasteiger partial charge in [-0.1, -0.05) is 46.7 Å². The fourth-order valence-corrected chi connectivity index (χ4v) is 3.55. The zero-order chi connectivity index (χ0) is 16.4. The summed E-state index contributed by atoms with van der Waals surface area (Å²) in [5.41, 5.74) is 2.65. The fourth-order valence-electron chi connectivity index (χ4n) is 2.06. The number of benzene rings is 2. The first kappa shape index (κ1) is 16.0. The summed E-state index contributed by atoms with van der Waals surface area (Å²) in [6.45, 7) is 2.02. The first-order valence-electron chi connectivity index (χ1n) is 6.83. The van der Waals surface area contributed by atoms with Gasteiger partial charge in [-0.05, 0) is 42.8 Å². The molecular weight excluding hydrogens is 351 g/mol. The third-order valence-electron chi connectivity index (χ3n) is 3.18. The number of halogens is 2. The molecule has 0 unspecified atom stereocenters. The number of fused-ring (bicyclic) bond motifs is 1. The van der Waals surface area contributed by atoms with Gasteiger partial charge in [-0.3, -0.25) is 10.1 Å². The van der Waals surface area contributed by atoms with Crippen LogP contribution in [0.4, 0.5) is 5.13 Å². The minimum Gasteiger partial charge on any atom is -0.298 e. The van der Waals surface area contributed by atoms with Crippen molar-refractivity contribution >= 4 is 61.9 Å². The van der Waals surface area contributed by atoms with Crippen LogP contribution in [0.15, 0.2) is 42.5 Å². The summed E-state index contributed by atoms with van der Waals surface area (Å²) in [6.07, 6.45) is 2.99. The summed E-state index contributed by atoms with van der Waals surface area (Å²) in [5.74, 6) is -0.281. The molecule has 3 aromatic rings. The smallest absolute Gasteiger partial charge is 0.250 e. The van der Waals surface area contributed by atoms with Crippen molar-refractivity contribution in [2.45, 2.75) is 6.92 Å². The number of nitrogens with one attached hydrogen (secondary N) is 1. The highest BCUT2D eigenvalue weighted by Gasteiger charge is 2.07. The Hall–Kier alpha value is -1.88. The van der Waals surface area contributed by atoms with Crippen LogP contribution in [-0.2, 0) is 4.79 Å². The lowest BCUT2D eigenvalue weighted by Crippen LogP contribution is -2.07. The number of anilines is 1. The standard InChI is InChI=1S/C17H12Cl2N2OS/c1-10-5-7-14-15(9-10)23-17(20-14)21-16(22)8-6-11-12(18)3-2-4-13(11)19/h2-9H,1H3,(H,20,21,22)/b8-6+. The quantitative estimate of drug-likeness (QED) is 0.619. The predicted octanol–water partition coefficient (Wildman–Crippen LogP) is 5.56. The number of aryl methyl sites for hydroxylation is 1. The number of amides is 1. The zero-order valence-electron chi connectivity index (χ0n) is 12.1. The number of carbonyl (C=O) groups excluding carboxylic acids is 1. The van der Waals surface area contributed by atoms with Crippen LogP contribution in [0.3, 0.4) is 0 Å². The van der Waals surface area contributed by atoms with E-state index >= 15 is 0 Å². The van der Waals surface area contributed by atoms with Crippen LogP contribution < -0.4 is 5.32 Å². The average molecular weight is 363 g/mol. The number of carbonyl (C=O) groups is 1. The van der Waals surface area contributed by atoms with Crippen molar-refractivity contribution in [2.24, 2.45) is 0 Å². The van der Waals surface area contributed by atoms with E-state index in [-0.39, 0.29) is 5.91 Å². The molecule has 0 bridgehead atoms. The van der Waals surface area contributed by atoms with Crippen molar-refractivity contribution in [2.75, 3.05) is 5.32 Å².